The number of hydrogen-bond donors (Lipinski definition) is 1. The molecule has 0 aromatic rings. The van der Waals surface area contributed by atoms with Crippen LogP contribution >= 0.6 is 0 Å². The van der Waals surface area contributed by atoms with Crippen molar-refractivity contribution in [3.63, 3.8) is 0 Å². The van der Waals surface area contributed by atoms with Crippen LogP contribution in [0.15, 0.2) is 4.99 Å². The van der Waals surface area contributed by atoms with Crippen molar-refractivity contribution in [2.45, 2.75) is 78.7 Å². The molecule has 1 unspecified atom stereocenters. The maximum Gasteiger partial charge on any atom is 0.102 e. The molecule has 1 rings (SSSR count). The second kappa shape index (κ2) is 7.03. The zero-order valence-corrected chi connectivity index (χ0v) is 12.2. The van der Waals surface area contributed by atoms with Gasteiger partial charge in [0.1, 0.15) is 5.84 Å². The van der Waals surface area contributed by atoms with Crippen molar-refractivity contribution in [1.29, 1.82) is 0 Å². The third kappa shape index (κ3) is 5.10. The summed E-state index contributed by atoms with van der Waals surface area (Å²) in [5.41, 5.74) is 0.246. The summed E-state index contributed by atoms with van der Waals surface area (Å²) >= 11 is 0. The van der Waals surface area contributed by atoms with Crippen LogP contribution in [-0.4, -0.2) is 18.4 Å². The second-order valence-corrected chi connectivity index (χ2v) is 6.14. The maximum absolute atomic E-state index is 4.62. The van der Waals surface area contributed by atoms with Gasteiger partial charge in [0, 0.05) is 11.5 Å². The van der Waals surface area contributed by atoms with Crippen LogP contribution in [0.3, 0.4) is 0 Å². The Morgan fingerprint density at radius 2 is 1.82 bits per heavy atom. The molecule has 0 fully saturated rings. The number of unbranched alkanes of at least 4 members (excludes halogenated alkanes) is 5. The molecule has 0 aromatic carbocycles. The summed E-state index contributed by atoms with van der Waals surface area (Å²) in [4.78, 5) is 4.62. The molecule has 0 aliphatic carbocycles. The van der Waals surface area contributed by atoms with Crippen LogP contribution in [0.5, 0.6) is 0 Å². The molecule has 0 amide bonds. The molecule has 0 bridgehead atoms. The molecule has 0 saturated heterocycles. The first-order valence-electron chi connectivity index (χ1n) is 7.37. The van der Waals surface area contributed by atoms with Gasteiger partial charge in [0.05, 0.1) is 6.54 Å². The highest BCUT2D eigenvalue weighted by Gasteiger charge is 2.28. The van der Waals surface area contributed by atoms with Crippen LogP contribution in [-0.2, 0) is 0 Å². The van der Waals surface area contributed by atoms with Gasteiger partial charge in [0.15, 0.2) is 0 Å². The van der Waals surface area contributed by atoms with E-state index in [-0.39, 0.29) is 5.41 Å². The molecule has 1 heterocycles. The van der Waals surface area contributed by atoms with E-state index < -0.39 is 0 Å². The topological polar surface area (TPSA) is 24.4 Å². The molecular weight excluding hydrogens is 208 g/mol. The minimum atomic E-state index is 0.246. The van der Waals surface area contributed by atoms with Gasteiger partial charge in [-0.3, -0.25) is 4.99 Å². The molecule has 0 saturated carbocycles. The van der Waals surface area contributed by atoms with Gasteiger partial charge < -0.3 is 5.32 Å². The maximum atomic E-state index is 4.62. The predicted octanol–water partition coefficient (Wildman–Crippen LogP) is 4.15. The predicted molar refractivity (Wildman–Crippen MR) is 76.7 cm³/mol. The molecule has 2 heteroatoms. The SMILES string of the molecule is CCCCCCCCC(C)(C)C1=NCC(C)N1. The number of amidine groups is 1. The van der Waals surface area contributed by atoms with Gasteiger partial charge in [-0.2, -0.15) is 0 Å². The number of nitrogens with zero attached hydrogens (tertiary/aromatic N) is 1. The van der Waals surface area contributed by atoms with Gasteiger partial charge in [-0.25, -0.2) is 0 Å². The number of aliphatic imine (C=N–C) groups is 1. The molecule has 1 N–H and O–H groups in total. The summed E-state index contributed by atoms with van der Waals surface area (Å²) in [7, 11) is 0. The summed E-state index contributed by atoms with van der Waals surface area (Å²) in [6, 6.07) is 0.536. The Bertz CT molecular complexity index is 243. The van der Waals surface area contributed by atoms with Gasteiger partial charge in [0.25, 0.3) is 0 Å². The van der Waals surface area contributed by atoms with E-state index in [1.807, 2.05) is 0 Å². The highest BCUT2D eigenvalue weighted by molar-refractivity contribution is 5.89. The lowest BCUT2D eigenvalue weighted by molar-refractivity contribution is 0.428. The number of nitrogens with one attached hydrogen (secondary N) is 1. The van der Waals surface area contributed by atoms with Gasteiger partial charge in [-0.15, -0.1) is 0 Å². The van der Waals surface area contributed by atoms with Crippen molar-refractivity contribution in [2.24, 2.45) is 10.4 Å². The zero-order chi connectivity index (χ0) is 12.7. The van der Waals surface area contributed by atoms with Crippen LogP contribution in [0.1, 0.15) is 72.6 Å². The van der Waals surface area contributed by atoms with Gasteiger partial charge in [0.2, 0.25) is 0 Å². The smallest absolute Gasteiger partial charge is 0.102 e. The molecule has 100 valence electrons. The summed E-state index contributed by atoms with van der Waals surface area (Å²) in [5.74, 6) is 1.23. The summed E-state index contributed by atoms with van der Waals surface area (Å²) in [5, 5.41) is 3.51. The highest BCUT2D eigenvalue weighted by Crippen LogP contribution is 2.27. The molecule has 17 heavy (non-hydrogen) atoms. The van der Waals surface area contributed by atoms with Gasteiger partial charge >= 0.3 is 0 Å². The lowest BCUT2D eigenvalue weighted by Gasteiger charge is -2.25. The van der Waals surface area contributed by atoms with Gasteiger partial charge in [-0.1, -0.05) is 59.3 Å². The number of hydrogen-bond acceptors (Lipinski definition) is 2. The number of rotatable bonds is 8. The molecule has 0 spiro atoms. The molecule has 1 atom stereocenters. The minimum Gasteiger partial charge on any atom is -0.369 e. The average Bonchev–Trinajstić information content (AvgIpc) is 2.71. The van der Waals surface area contributed by atoms with E-state index >= 15 is 0 Å². The van der Waals surface area contributed by atoms with Crippen molar-refractivity contribution < 1.29 is 0 Å². The Morgan fingerprint density at radius 3 is 2.41 bits per heavy atom. The molecule has 1 aliphatic heterocycles. The summed E-state index contributed by atoms with van der Waals surface area (Å²) < 4.78 is 0. The van der Waals surface area contributed by atoms with Crippen LogP contribution in [0, 0.1) is 5.41 Å². The van der Waals surface area contributed by atoms with E-state index in [1.165, 1.54) is 50.8 Å². The van der Waals surface area contributed by atoms with Crippen molar-refractivity contribution >= 4 is 5.84 Å². The lowest BCUT2D eigenvalue weighted by Crippen LogP contribution is -2.37. The normalized spacial score (nSPS) is 20.2. The van der Waals surface area contributed by atoms with Crippen LogP contribution in [0.4, 0.5) is 0 Å². The van der Waals surface area contributed by atoms with Crippen molar-refractivity contribution in [2.75, 3.05) is 6.54 Å². The van der Waals surface area contributed by atoms with E-state index in [1.54, 1.807) is 0 Å². The first-order valence-corrected chi connectivity index (χ1v) is 7.37. The largest absolute Gasteiger partial charge is 0.369 e. The molecule has 1 aliphatic rings. The Hall–Kier alpha value is -0.530. The van der Waals surface area contributed by atoms with Gasteiger partial charge in [-0.05, 0) is 13.3 Å². The average molecular weight is 238 g/mol. The van der Waals surface area contributed by atoms with Crippen LogP contribution < -0.4 is 5.32 Å². The molecule has 0 aromatic heterocycles. The van der Waals surface area contributed by atoms with Crippen molar-refractivity contribution in [3.05, 3.63) is 0 Å². The first kappa shape index (κ1) is 14.5. The first-order chi connectivity index (χ1) is 8.06. The van der Waals surface area contributed by atoms with Crippen molar-refractivity contribution in [1.82, 2.24) is 5.32 Å². The van der Waals surface area contributed by atoms with E-state index in [0.29, 0.717) is 6.04 Å². The Labute approximate surface area is 107 Å². The Balaban J connectivity index is 2.16. The fourth-order valence-corrected chi connectivity index (χ4v) is 2.43. The summed E-state index contributed by atoms with van der Waals surface area (Å²) in [6.45, 7) is 10.1. The van der Waals surface area contributed by atoms with Crippen LogP contribution in [0.2, 0.25) is 0 Å². The lowest BCUT2D eigenvalue weighted by atomic mass is 9.85. The van der Waals surface area contributed by atoms with E-state index in [2.05, 4.69) is 38.0 Å². The second-order valence-electron chi connectivity index (χ2n) is 6.14. The zero-order valence-electron chi connectivity index (χ0n) is 12.2. The molecular formula is C15H30N2. The third-order valence-corrected chi connectivity index (χ3v) is 3.70. The Morgan fingerprint density at radius 1 is 1.18 bits per heavy atom. The van der Waals surface area contributed by atoms with Crippen molar-refractivity contribution in [3.8, 4) is 0 Å². The fraction of sp³-hybridized carbons (Fsp3) is 0.933. The van der Waals surface area contributed by atoms with Crippen LogP contribution in [0.25, 0.3) is 0 Å². The highest BCUT2D eigenvalue weighted by atomic mass is 15.1. The quantitative estimate of drug-likeness (QED) is 0.631. The fourth-order valence-electron chi connectivity index (χ4n) is 2.43. The van der Waals surface area contributed by atoms with E-state index in [9.17, 15) is 0 Å². The monoisotopic (exact) mass is 238 g/mol. The third-order valence-electron chi connectivity index (χ3n) is 3.70. The van der Waals surface area contributed by atoms with E-state index in [0.717, 1.165) is 6.54 Å². The minimum absolute atomic E-state index is 0.246. The Kier molecular flexibility index (Phi) is 6.01. The standard InChI is InChI=1S/C15H30N2/c1-5-6-7-8-9-10-11-15(3,4)14-16-12-13(2)17-14/h13H,5-12H2,1-4H3,(H,16,17). The molecule has 0 radical (unpaired) electrons. The summed E-state index contributed by atoms with van der Waals surface area (Å²) in [6.07, 6.45) is 9.53. The van der Waals surface area contributed by atoms with E-state index in [4.69, 9.17) is 0 Å². The molecule has 2 nitrogen and oxygen atoms in total.